The Bertz CT molecular complexity index is 497. The van der Waals surface area contributed by atoms with Crippen molar-refractivity contribution in [1.29, 1.82) is 5.26 Å². The van der Waals surface area contributed by atoms with Gasteiger partial charge in [0.05, 0.1) is 22.6 Å². The quantitative estimate of drug-likeness (QED) is 0.474. The number of anilines is 1. The molecule has 80 valence electrons. The molecule has 1 rings (SSSR count). The summed E-state index contributed by atoms with van der Waals surface area (Å²) < 4.78 is 0. The first-order valence-electron chi connectivity index (χ1n) is 4.49. The van der Waals surface area contributed by atoms with Crippen LogP contribution in [0.1, 0.15) is 12.5 Å². The number of nitrogens with one attached hydrogen (secondary N) is 1. The highest BCUT2D eigenvalue weighted by molar-refractivity contribution is 5.65. The van der Waals surface area contributed by atoms with Gasteiger partial charge in [0, 0.05) is 6.07 Å². The van der Waals surface area contributed by atoms with Gasteiger partial charge in [0.2, 0.25) is 0 Å². The number of benzene rings is 1. The van der Waals surface area contributed by atoms with Crippen LogP contribution in [0.15, 0.2) is 18.2 Å². The van der Waals surface area contributed by atoms with Crippen molar-refractivity contribution < 1.29 is 4.92 Å². The Morgan fingerprint density at radius 2 is 2.31 bits per heavy atom. The van der Waals surface area contributed by atoms with Gasteiger partial charge in [0.25, 0.3) is 5.69 Å². The third-order valence-corrected chi connectivity index (χ3v) is 1.94. The van der Waals surface area contributed by atoms with Gasteiger partial charge >= 0.3 is 0 Å². The third kappa shape index (κ3) is 2.49. The van der Waals surface area contributed by atoms with E-state index >= 15 is 0 Å². The van der Waals surface area contributed by atoms with Crippen LogP contribution < -0.4 is 5.32 Å². The number of nitro groups is 1. The van der Waals surface area contributed by atoms with Gasteiger partial charge < -0.3 is 5.32 Å². The zero-order valence-corrected chi connectivity index (χ0v) is 8.60. The fourth-order valence-electron chi connectivity index (χ4n) is 1.16. The molecule has 0 aliphatic rings. The largest absolute Gasteiger partial charge is 0.366 e. The Hall–Kier alpha value is -2.53. The first-order chi connectivity index (χ1) is 7.58. The Balaban J connectivity index is 3.17. The molecule has 5 nitrogen and oxygen atoms in total. The van der Waals surface area contributed by atoms with E-state index in [4.69, 9.17) is 11.7 Å². The van der Waals surface area contributed by atoms with E-state index in [0.717, 1.165) is 0 Å². The summed E-state index contributed by atoms with van der Waals surface area (Å²) in [6, 6.07) is 5.65. The van der Waals surface area contributed by atoms with Crippen molar-refractivity contribution in [2.45, 2.75) is 13.0 Å². The topological polar surface area (TPSA) is 79.0 Å². The molecule has 0 saturated carbocycles. The van der Waals surface area contributed by atoms with Gasteiger partial charge in [0.15, 0.2) is 0 Å². The van der Waals surface area contributed by atoms with Crippen LogP contribution in [-0.2, 0) is 0 Å². The molecule has 1 unspecified atom stereocenters. The Labute approximate surface area is 92.9 Å². The van der Waals surface area contributed by atoms with E-state index < -0.39 is 4.92 Å². The average molecular weight is 215 g/mol. The molecule has 0 fully saturated rings. The summed E-state index contributed by atoms with van der Waals surface area (Å²) >= 11 is 0. The van der Waals surface area contributed by atoms with Gasteiger partial charge in [-0.2, -0.15) is 5.26 Å². The van der Waals surface area contributed by atoms with Gasteiger partial charge in [-0.05, 0) is 19.1 Å². The normalized spacial score (nSPS) is 10.9. The monoisotopic (exact) mass is 215 g/mol. The highest BCUT2D eigenvalue weighted by Crippen LogP contribution is 2.25. The van der Waals surface area contributed by atoms with E-state index in [1.165, 1.54) is 18.2 Å². The lowest BCUT2D eigenvalue weighted by molar-refractivity contribution is -0.384. The summed E-state index contributed by atoms with van der Waals surface area (Å²) in [5.74, 6) is 2.40. The lowest BCUT2D eigenvalue weighted by Crippen LogP contribution is -2.13. The maximum atomic E-state index is 10.7. The molecule has 1 N–H and O–H groups in total. The van der Waals surface area contributed by atoms with Crippen molar-refractivity contribution in [1.82, 2.24) is 0 Å². The van der Waals surface area contributed by atoms with Crippen LogP contribution in [0, 0.1) is 33.8 Å². The second-order valence-corrected chi connectivity index (χ2v) is 3.13. The highest BCUT2D eigenvalue weighted by Gasteiger charge is 2.15. The van der Waals surface area contributed by atoms with Crippen LogP contribution in [0.2, 0.25) is 0 Å². The minimum atomic E-state index is -0.521. The van der Waals surface area contributed by atoms with Crippen molar-refractivity contribution >= 4 is 11.4 Å². The molecular formula is C11H9N3O2. The van der Waals surface area contributed by atoms with Crippen LogP contribution in [0.25, 0.3) is 0 Å². The van der Waals surface area contributed by atoms with Crippen LogP contribution >= 0.6 is 0 Å². The molecule has 1 aromatic rings. The Kier molecular flexibility index (Phi) is 3.47. The van der Waals surface area contributed by atoms with E-state index in [0.29, 0.717) is 5.56 Å². The Morgan fingerprint density at radius 1 is 1.62 bits per heavy atom. The predicted molar refractivity (Wildman–Crippen MR) is 59.7 cm³/mol. The SMILES string of the molecule is C#CC(C)Nc1cc(C#N)ccc1[N+](=O)[O-]. The van der Waals surface area contributed by atoms with E-state index in [1.807, 2.05) is 6.07 Å². The number of nitriles is 1. The number of hydrogen-bond donors (Lipinski definition) is 1. The van der Waals surface area contributed by atoms with Crippen molar-refractivity contribution in [3.63, 3.8) is 0 Å². The summed E-state index contributed by atoms with van der Waals surface area (Å²) in [6.07, 6.45) is 5.17. The fourth-order valence-corrected chi connectivity index (χ4v) is 1.16. The van der Waals surface area contributed by atoms with Crippen LogP contribution in [-0.4, -0.2) is 11.0 Å². The standard InChI is InChI=1S/C11H9N3O2/c1-3-8(2)13-10-6-9(7-12)4-5-11(10)14(15)16/h1,4-6,8,13H,2H3. The molecule has 0 spiro atoms. The van der Waals surface area contributed by atoms with Gasteiger partial charge in [-0.15, -0.1) is 6.42 Å². The molecule has 5 heteroatoms. The molecule has 0 aliphatic carbocycles. The maximum Gasteiger partial charge on any atom is 0.292 e. The molecule has 1 atom stereocenters. The van der Waals surface area contributed by atoms with Crippen LogP contribution in [0.5, 0.6) is 0 Å². The van der Waals surface area contributed by atoms with Gasteiger partial charge in [-0.1, -0.05) is 5.92 Å². The number of nitro benzene ring substituents is 1. The molecule has 0 aliphatic heterocycles. The molecule has 0 aromatic heterocycles. The fraction of sp³-hybridized carbons (Fsp3) is 0.182. The summed E-state index contributed by atoms with van der Waals surface area (Å²) in [6.45, 7) is 1.70. The van der Waals surface area contributed by atoms with Gasteiger partial charge in [-0.25, -0.2) is 0 Å². The minimum Gasteiger partial charge on any atom is -0.366 e. The molecule has 0 heterocycles. The van der Waals surface area contributed by atoms with E-state index in [-0.39, 0.29) is 17.4 Å². The summed E-state index contributed by atoms with van der Waals surface area (Å²) in [4.78, 5) is 10.2. The summed E-state index contributed by atoms with van der Waals surface area (Å²) in [7, 11) is 0. The molecule has 16 heavy (non-hydrogen) atoms. The second-order valence-electron chi connectivity index (χ2n) is 3.13. The van der Waals surface area contributed by atoms with Crippen molar-refractivity contribution in [3.8, 4) is 18.4 Å². The molecule has 0 amide bonds. The lowest BCUT2D eigenvalue weighted by Gasteiger charge is -2.09. The van der Waals surface area contributed by atoms with Crippen molar-refractivity contribution in [2.24, 2.45) is 0 Å². The molecular weight excluding hydrogens is 206 g/mol. The first kappa shape index (κ1) is 11.5. The van der Waals surface area contributed by atoms with E-state index in [9.17, 15) is 10.1 Å². The third-order valence-electron chi connectivity index (χ3n) is 1.94. The van der Waals surface area contributed by atoms with Crippen molar-refractivity contribution in [3.05, 3.63) is 33.9 Å². The maximum absolute atomic E-state index is 10.7. The molecule has 0 saturated heterocycles. The second kappa shape index (κ2) is 4.81. The van der Waals surface area contributed by atoms with Crippen molar-refractivity contribution in [2.75, 3.05) is 5.32 Å². The van der Waals surface area contributed by atoms with Gasteiger partial charge in [-0.3, -0.25) is 10.1 Å². The molecule has 1 aromatic carbocycles. The van der Waals surface area contributed by atoms with Gasteiger partial charge in [0.1, 0.15) is 5.69 Å². The predicted octanol–water partition coefficient (Wildman–Crippen LogP) is 1.90. The first-order valence-corrected chi connectivity index (χ1v) is 4.49. The molecule has 0 bridgehead atoms. The number of nitrogens with zero attached hydrogens (tertiary/aromatic N) is 2. The number of rotatable bonds is 3. The minimum absolute atomic E-state index is 0.0962. The van der Waals surface area contributed by atoms with Crippen LogP contribution in [0.4, 0.5) is 11.4 Å². The van der Waals surface area contributed by atoms with E-state index in [1.54, 1.807) is 6.92 Å². The van der Waals surface area contributed by atoms with E-state index in [2.05, 4.69) is 11.2 Å². The summed E-state index contributed by atoms with van der Waals surface area (Å²) in [5, 5.41) is 22.2. The lowest BCUT2D eigenvalue weighted by atomic mass is 10.1. The number of terminal acetylenes is 1. The number of hydrogen-bond acceptors (Lipinski definition) is 4. The zero-order chi connectivity index (χ0) is 12.1. The summed E-state index contributed by atoms with van der Waals surface area (Å²) in [5.41, 5.74) is 0.507. The zero-order valence-electron chi connectivity index (χ0n) is 8.60. The highest BCUT2D eigenvalue weighted by atomic mass is 16.6. The smallest absolute Gasteiger partial charge is 0.292 e. The Morgan fingerprint density at radius 3 is 2.81 bits per heavy atom. The average Bonchev–Trinajstić information content (AvgIpc) is 2.28. The van der Waals surface area contributed by atoms with Crippen LogP contribution in [0.3, 0.4) is 0 Å². The molecule has 0 radical (unpaired) electrons.